The van der Waals surface area contributed by atoms with Crippen molar-refractivity contribution >= 4 is 35.2 Å². The van der Waals surface area contributed by atoms with Gasteiger partial charge in [-0.05, 0) is 60.7 Å². The van der Waals surface area contributed by atoms with E-state index in [2.05, 4.69) is 10.3 Å². The lowest BCUT2D eigenvalue weighted by molar-refractivity contribution is -0.112. The summed E-state index contributed by atoms with van der Waals surface area (Å²) in [7, 11) is 0. The lowest BCUT2D eigenvalue weighted by atomic mass is 10.3. The van der Waals surface area contributed by atoms with Gasteiger partial charge < -0.3 is 19.0 Å². The number of nitrogens with zero attached hydrogens (tertiary/aromatic N) is 1. The van der Waals surface area contributed by atoms with E-state index >= 15 is 0 Å². The van der Waals surface area contributed by atoms with Gasteiger partial charge in [-0.2, -0.15) is 0 Å². The summed E-state index contributed by atoms with van der Waals surface area (Å²) in [4.78, 5) is 16.1. The highest BCUT2D eigenvalue weighted by atomic mass is 32.2. The Labute approximate surface area is 256 Å². The molecule has 0 radical (unpaired) electrons. The predicted octanol–water partition coefficient (Wildman–Crippen LogP) is 9.25. The number of para-hydroxylation sites is 5. The minimum Gasteiger partial charge on any atom is -0.465 e. The van der Waals surface area contributed by atoms with Crippen LogP contribution in [0.3, 0.4) is 0 Å². The van der Waals surface area contributed by atoms with Crippen molar-refractivity contribution < 1.29 is 18.5 Å². The van der Waals surface area contributed by atoms with Crippen molar-refractivity contribution in [2.45, 2.75) is 0 Å². The fourth-order valence-corrected chi connectivity index (χ4v) is 3.81. The Kier molecular flexibility index (Phi) is 12.7. The van der Waals surface area contributed by atoms with Gasteiger partial charge in [0.15, 0.2) is 0 Å². The molecule has 214 valence electrons. The van der Waals surface area contributed by atoms with Gasteiger partial charge in [0.05, 0.1) is 24.0 Å². The van der Waals surface area contributed by atoms with Gasteiger partial charge in [0.25, 0.3) is 5.91 Å². The second-order valence-corrected chi connectivity index (χ2v) is 9.22. The van der Waals surface area contributed by atoms with Crippen LogP contribution in [0.15, 0.2) is 180 Å². The number of hydrogen-bond acceptors (Lipinski definition) is 6. The number of carbonyl (C=O) groups is 1. The molecule has 0 spiro atoms. The van der Waals surface area contributed by atoms with E-state index in [0.29, 0.717) is 11.6 Å². The fraction of sp³-hybridized carbons (Fsp3) is 0. The molecule has 7 heteroatoms. The van der Waals surface area contributed by atoms with E-state index in [1.807, 2.05) is 152 Å². The largest absolute Gasteiger partial charge is 0.465 e. The third kappa shape index (κ3) is 12.3. The molecule has 43 heavy (non-hydrogen) atoms. The van der Waals surface area contributed by atoms with E-state index < -0.39 is 0 Å². The molecule has 0 saturated carbocycles. The summed E-state index contributed by atoms with van der Waals surface area (Å²) >= 11 is 1.21. The minimum absolute atomic E-state index is 0.225. The number of carbonyl (C=O) groups excluding carboxylic acids is 1. The Hall–Kier alpha value is -5.53. The van der Waals surface area contributed by atoms with Crippen LogP contribution in [-0.2, 0) is 4.79 Å². The zero-order chi connectivity index (χ0) is 29.8. The highest BCUT2D eigenvalue weighted by Gasteiger charge is 2.00. The second kappa shape index (κ2) is 18.0. The molecular weight excluding hydrogens is 556 g/mol. The molecule has 1 N–H and O–H groups in total. The Morgan fingerprint density at radius 2 is 1.12 bits per heavy atom. The van der Waals surface area contributed by atoms with E-state index in [9.17, 15) is 4.79 Å². The van der Waals surface area contributed by atoms with Crippen molar-refractivity contribution in [1.82, 2.24) is 0 Å². The molecule has 0 unspecified atom stereocenters. The van der Waals surface area contributed by atoms with Gasteiger partial charge in [-0.25, -0.2) is 4.99 Å². The quantitative estimate of drug-likeness (QED) is 0.0581. The molecular formula is C36H30N2O4S. The maximum atomic E-state index is 11.5. The number of ether oxygens (including phenoxy) is 2. The van der Waals surface area contributed by atoms with Gasteiger partial charge in [-0.1, -0.05) is 91.0 Å². The third-order valence-electron chi connectivity index (χ3n) is 5.32. The molecule has 0 aliphatic heterocycles. The van der Waals surface area contributed by atoms with Crippen molar-refractivity contribution in [3.05, 3.63) is 175 Å². The zero-order valence-electron chi connectivity index (χ0n) is 23.2. The molecule has 0 aliphatic rings. The maximum Gasteiger partial charge on any atom is 0.251 e. The Bertz CT molecular complexity index is 1580. The summed E-state index contributed by atoms with van der Waals surface area (Å²) < 4.78 is 16.7. The molecule has 0 fully saturated rings. The first-order chi connectivity index (χ1) is 21.2. The number of benzene rings is 5. The number of amides is 1. The van der Waals surface area contributed by atoms with Gasteiger partial charge in [0.2, 0.25) is 5.90 Å². The summed E-state index contributed by atoms with van der Waals surface area (Å²) in [5.41, 5.74) is 1.58. The second-order valence-electron chi connectivity index (χ2n) is 8.58. The standard InChI is InChI=1S/C21H17NO2S.C15H13NO2/c1-4-10-18(11-5-1)22-21(23-19-12-6-2-7-13-19)16-17-25-24-20-14-8-3-9-15-20;17-15(16-13-7-3-1-4-8-13)11-12-18-14-9-5-2-6-10-14/h1-17H;1-12H,(H,16,17)/b17-16+,22-21-;12-11-. The molecule has 0 heterocycles. The number of aliphatic imine (C=N–C) groups is 1. The van der Waals surface area contributed by atoms with Crippen molar-refractivity contribution in [3.63, 3.8) is 0 Å². The molecule has 0 bridgehead atoms. The van der Waals surface area contributed by atoms with E-state index in [-0.39, 0.29) is 5.91 Å². The first kappa shape index (κ1) is 30.4. The van der Waals surface area contributed by atoms with Crippen molar-refractivity contribution in [3.8, 4) is 17.2 Å². The normalized spacial score (nSPS) is 10.9. The van der Waals surface area contributed by atoms with Crippen molar-refractivity contribution in [2.75, 3.05) is 5.32 Å². The van der Waals surface area contributed by atoms with Crippen LogP contribution in [0.1, 0.15) is 0 Å². The average molecular weight is 587 g/mol. The Morgan fingerprint density at radius 1 is 0.605 bits per heavy atom. The lowest BCUT2D eigenvalue weighted by Crippen LogP contribution is -2.07. The molecule has 5 rings (SSSR count). The van der Waals surface area contributed by atoms with Crippen LogP contribution in [0.4, 0.5) is 11.4 Å². The van der Waals surface area contributed by atoms with Gasteiger partial charge in [0.1, 0.15) is 17.2 Å². The molecule has 0 saturated heterocycles. The van der Waals surface area contributed by atoms with Crippen LogP contribution in [0.2, 0.25) is 0 Å². The van der Waals surface area contributed by atoms with E-state index in [1.165, 1.54) is 24.4 Å². The number of rotatable bonds is 10. The fourth-order valence-electron chi connectivity index (χ4n) is 3.36. The maximum absolute atomic E-state index is 11.5. The summed E-state index contributed by atoms with van der Waals surface area (Å²) in [5.74, 6) is 2.48. The van der Waals surface area contributed by atoms with Crippen LogP contribution in [0.25, 0.3) is 0 Å². The SMILES string of the molecule is C(=C\C(=N\c1ccccc1)Oc1ccccc1)/SOc1ccccc1.O=C(/C=C\Oc1ccccc1)Nc1ccccc1. The molecule has 0 atom stereocenters. The molecule has 5 aromatic carbocycles. The third-order valence-corrected chi connectivity index (χ3v) is 5.86. The molecule has 0 aromatic heterocycles. The summed E-state index contributed by atoms with van der Waals surface area (Å²) in [5, 5.41) is 4.53. The van der Waals surface area contributed by atoms with Gasteiger partial charge in [-0.15, -0.1) is 0 Å². The average Bonchev–Trinajstić information content (AvgIpc) is 3.06. The van der Waals surface area contributed by atoms with Crippen molar-refractivity contribution in [2.24, 2.45) is 4.99 Å². The zero-order valence-corrected chi connectivity index (χ0v) is 24.0. The van der Waals surface area contributed by atoms with E-state index in [4.69, 9.17) is 13.7 Å². The predicted molar refractivity (Wildman–Crippen MR) is 176 cm³/mol. The highest BCUT2D eigenvalue weighted by Crippen LogP contribution is 2.18. The van der Waals surface area contributed by atoms with Crippen LogP contribution in [0, 0.1) is 0 Å². The Balaban J connectivity index is 0.000000208. The number of hydrogen-bond donors (Lipinski definition) is 1. The smallest absolute Gasteiger partial charge is 0.251 e. The molecule has 1 amide bonds. The molecule has 5 aromatic rings. The summed E-state index contributed by atoms with van der Waals surface area (Å²) in [6, 6.07) is 47.4. The van der Waals surface area contributed by atoms with Gasteiger partial charge in [-0.3, -0.25) is 4.79 Å². The summed E-state index contributed by atoms with van der Waals surface area (Å²) in [6.07, 6.45) is 4.50. The van der Waals surface area contributed by atoms with E-state index in [0.717, 1.165) is 22.9 Å². The van der Waals surface area contributed by atoms with Crippen molar-refractivity contribution in [1.29, 1.82) is 0 Å². The topological polar surface area (TPSA) is 69.2 Å². The van der Waals surface area contributed by atoms with Crippen LogP contribution in [-0.4, -0.2) is 11.8 Å². The lowest BCUT2D eigenvalue weighted by Gasteiger charge is -2.05. The first-order valence-electron chi connectivity index (χ1n) is 13.4. The Morgan fingerprint density at radius 3 is 1.72 bits per heavy atom. The number of nitrogens with one attached hydrogen (secondary N) is 1. The van der Waals surface area contributed by atoms with Crippen LogP contribution in [0.5, 0.6) is 17.2 Å². The molecule has 0 aliphatic carbocycles. The number of anilines is 1. The monoisotopic (exact) mass is 586 g/mol. The highest BCUT2D eigenvalue weighted by molar-refractivity contribution is 7.97. The van der Waals surface area contributed by atoms with Gasteiger partial charge in [0, 0.05) is 23.2 Å². The van der Waals surface area contributed by atoms with Gasteiger partial charge >= 0.3 is 0 Å². The molecule has 6 nitrogen and oxygen atoms in total. The minimum atomic E-state index is -0.225. The van der Waals surface area contributed by atoms with Crippen LogP contribution < -0.4 is 19.0 Å². The first-order valence-corrected chi connectivity index (χ1v) is 14.2. The van der Waals surface area contributed by atoms with Crippen LogP contribution >= 0.6 is 12.0 Å². The van der Waals surface area contributed by atoms with E-state index in [1.54, 1.807) is 11.5 Å². The summed E-state index contributed by atoms with van der Waals surface area (Å²) in [6.45, 7) is 0.